The van der Waals surface area contributed by atoms with Gasteiger partial charge in [-0.25, -0.2) is 0 Å². The van der Waals surface area contributed by atoms with Gasteiger partial charge in [0.1, 0.15) is 0 Å². The summed E-state index contributed by atoms with van der Waals surface area (Å²) in [6.45, 7) is 2.22. The van der Waals surface area contributed by atoms with Crippen LogP contribution in [-0.4, -0.2) is 17.5 Å². The van der Waals surface area contributed by atoms with Gasteiger partial charge in [0, 0.05) is 19.0 Å². The molecule has 3 rings (SSSR count). The van der Waals surface area contributed by atoms with Crippen LogP contribution in [0.2, 0.25) is 0 Å². The Morgan fingerprint density at radius 3 is 2.65 bits per heavy atom. The van der Waals surface area contributed by atoms with E-state index >= 15 is 0 Å². The van der Waals surface area contributed by atoms with E-state index in [0.29, 0.717) is 18.5 Å². The summed E-state index contributed by atoms with van der Waals surface area (Å²) in [5.74, 6) is 0.105. The Morgan fingerprint density at radius 2 is 2.09 bits per heavy atom. The van der Waals surface area contributed by atoms with Crippen LogP contribution in [0, 0.1) is 6.92 Å². The molecule has 23 heavy (non-hydrogen) atoms. The van der Waals surface area contributed by atoms with E-state index in [0.717, 1.165) is 37.3 Å². The number of carbonyl (C=O) groups excluding carboxylic acids is 1. The van der Waals surface area contributed by atoms with E-state index in [-0.39, 0.29) is 17.5 Å². The van der Waals surface area contributed by atoms with Crippen molar-refractivity contribution in [3.8, 4) is 0 Å². The topological polar surface area (TPSA) is 41.1 Å². The highest BCUT2D eigenvalue weighted by Gasteiger charge is 2.47. The minimum Gasteiger partial charge on any atom is -0.349 e. The Hall–Kier alpha value is -1.56. The summed E-state index contributed by atoms with van der Waals surface area (Å²) >= 11 is 0. The van der Waals surface area contributed by atoms with Crippen molar-refractivity contribution in [1.29, 1.82) is 0 Å². The molecular weight excluding hydrogens is 305 g/mol. The maximum atomic E-state index is 12.7. The van der Waals surface area contributed by atoms with Crippen molar-refractivity contribution in [2.75, 3.05) is 0 Å². The minimum absolute atomic E-state index is 0.105. The zero-order valence-corrected chi connectivity index (χ0v) is 13.1. The van der Waals surface area contributed by atoms with Crippen molar-refractivity contribution in [3.05, 3.63) is 34.9 Å². The molecule has 2 aliphatic rings. The molecule has 1 saturated heterocycles. The number of benzene rings is 1. The lowest BCUT2D eigenvalue weighted by Gasteiger charge is -2.51. The number of halogens is 3. The molecule has 1 aromatic carbocycles. The van der Waals surface area contributed by atoms with Gasteiger partial charge in [0.05, 0.1) is 11.1 Å². The molecule has 1 saturated carbocycles. The second-order valence-corrected chi connectivity index (χ2v) is 6.67. The third-order valence-corrected chi connectivity index (χ3v) is 5.17. The van der Waals surface area contributed by atoms with Gasteiger partial charge in [-0.3, -0.25) is 4.79 Å². The van der Waals surface area contributed by atoms with Crippen LogP contribution in [0.1, 0.15) is 48.8 Å². The molecule has 1 aliphatic carbocycles. The average molecular weight is 326 g/mol. The van der Waals surface area contributed by atoms with Crippen LogP contribution in [0.15, 0.2) is 18.2 Å². The number of piperidine rings is 1. The number of nitrogens with one attached hydrogen (secondary N) is 2. The monoisotopic (exact) mass is 326 g/mol. The zero-order valence-electron chi connectivity index (χ0n) is 13.1. The number of rotatable bonds is 3. The molecule has 1 unspecified atom stereocenters. The molecular formula is C17H21F3N2O. The molecule has 0 aromatic heterocycles. The molecule has 126 valence electrons. The van der Waals surface area contributed by atoms with Gasteiger partial charge < -0.3 is 10.6 Å². The standard InChI is InChI=1S/C17H21F3N2O/c1-11-9-13(17(18,19)20)4-3-12(11)10-21-14-5-6-15(23)22-16(14)7-2-8-16/h3-4,9,14,21H,2,5-8,10H2,1H3,(H,22,23). The van der Waals surface area contributed by atoms with Crippen molar-refractivity contribution in [1.82, 2.24) is 10.6 Å². The van der Waals surface area contributed by atoms with Gasteiger partial charge in [-0.05, 0) is 55.9 Å². The number of carbonyl (C=O) groups is 1. The first-order valence-electron chi connectivity index (χ1n) is 8.01. The van der Waals surface area contributed by atoms with Gasteiger partial charge >= 0.3 is 6.18 Å². The van der Waals surface area contributed by atoms with Gasteiger partial charge in [0.2, 0.25) is 5.91 Å². The molecule has 0 bridgehead atoms. The number of aryl methyl sites for hydroxylation is 1. The predicted octanol–water partition coefficient (Wildman–Crippen LogP) is 3.30. The van der Waals surface area contributed by atoms with Crippen LogP contribution >= 0.6 is 0 Å². The van der Waals surface area contributed by atoms with E-state index in [1.807, 2.05) is 0 Å². The summed E-state index contributed by atoms with van der Waals surface area (Å²) < 4.78 is 38.1. The van der Waals surface area contributed by atoms with Crippen molar-refractivity contribution in [3.63, 3.8) is 0 Å². The Morgan fingerprint density at radius 1 is 1.35 bits per heavy atom. The van der Waals surface area contributed by atoms with Crippen molar-refractivity contribution < 1.29 is 18.0 Å². The van der Waals surface area contributed by atoms with Gasteiger partial charge in [-0.15, -0.1) is 0 Å². The van der Waals surface area contributed by atoms with Crippen LogP contribution in [-0.2, 0) is 17.5 Å². The van der Waals surface area contributed by atoms with Gasteiger partial charge in [0.15, 0.2) is 0 Å². The summed E-state index contributed by atoms with van der Waals surface area (Å²) in [4.78, 5) is 11.6. The fraction of sp³-hybridized carbons (Fsp3) is 0.588. The summed E-state index contributed by atoms with van der Waals surface area (Å²) in [5, 5.41) is 6.56. The normalized spacial score (nSPS) is 23.5. The third kappa shape index (κ3) is 3.22. The molecule has 1 spiro atoms. The van der Waals surface area contributed by atoms with E-state index in [4.69, 9.17) is 0 Å². The summed E-state index contributed by atoms with van der Waals surface area (Å²) in [7, 11) is 0. The highest BCUT2D eigenvalue weighted by Crippen LogP contribution is 2.39. The highest BCUT2D eigenvalue weighted by molar-refractivity contribution is 5.78. The number of hydrogen-bond donors (Lipinski definition) is 2. The molecule has 1 aliphatic heterocycles. The first-order chi connectivity index (χ1) is 10.8. The van der Waals surface area contributed by atoms with Crippen LogP contribution in [0.4, 0.5) is 13.2 Å². The van der Waals surface area contributed by atoms with Crippen LogP contribution < -0.4 is 10.6 Å². The second kappa shape index (κ2) is 5.82. The molecule has 1 aromatic rings. The molecule has 3 nitrogen and oxygen atoms in total. The minimum atomic E-state index is -4.31. The molecule has 6 heteroatoms. The Bertz CT molecular complexity index is 608. The van der Waals surface area contributed by atoms with Crippen LogP contribution in [0.25, 0.3) is 0 Å². The van der Waals surface area contributed by atoms with E-state index in [1.54, 1.807) is 13.0 Å². The zero-order chi connectivity index (χ0) is 16.7. The lowest BCUT2D eigenvalue weighted by molar-refractivity contribution is -0.137. The van der Waals surface area contributed by atoms with Crippen LogP contribution in [0.5, 0.6) is 0 Å². The largest absolute Gasteiger partial charge is 0.416 e. The number of amides is 1. The molecule has 1 atom stereocenters. The van der Waals surface area contributed by atoms with E-state index < -0.39 is 11.7 Å². The lowest BCUT2D eigenvalue weighted by atomic mass is 9.68. The maximum absolute atomic E-state index is 12.7. The maximum Gasteiger partial charge on any atom is 0.416 e. The van der Waals surface area contributed by atoms with Gasteiger partial charge in [-0.2, -0.15) is 13.2 Å². The first-order valence-corrected chi connectivity index (χ1v) is 8.01. The summed E-state index contributed by atoms with van der Waals surface area (Å²) in [5.41, 5.74) is 0.744. The molecule has 1 heterocycles. The van der Waals surface area contributed by atoms with Crippen LogP contribution in [0.3, 0.4) is 0 Å². The number of hydrogen-bond acceptors (Lipinski definition) is 2. The Kier molecular flexibility index (Phi) is 4.12. The lowest BCUT2D eigenvalue weighted by Crippen LogP contribution is -2.67. The summed E-state index contributed by atoms with van der Waals surface area (Å²) in [6.07, 6.45) is 0.0415. The van der Waals surface area contributed by atoms with Crippen molar-refractivity contribution in [2.45, 2.75) is 63.3 Å². The van der Waals surface area contributed by atoms with Gasteiger partial charge in [-0.1, -0.05) is 6.07 Å². The van der Waals surface area contributed by atoms with Gasteiger partial charge in [0.25, 0.3) is 0 Å². The first kappa shape index (κ1) is 16.3. The summed E-state index contributed by atoms with van der Waals surface area (Å²) in [6, 6.07) is 4.06. The van der Waals surface area contributed by atoms with E-state index in [9.17, 15) is 18.0 Å². The van der Waals surface area contributed by atoms with E-state index in [2.05, 4.69) is 10.6 Å². The quantitative estimate of drug-likeness (QED) is 0.895. The van der Waals surface area contributed by atoms with E-state index in [1.165, 1.54) is 6.07 Å². The third-order valence-electron chi connectivity index (χ3n) is 5.17. The fourth-order valence-corrected chi connectivity index (χ4v) is 3.61. The Balaban J connectivity index is 1.67. The molecule has 2 N–H and O–H groups in total. The average Bonchev–Trinajstić information content (AvgIpc) is 2.44. The Labute approximate surface area is 133 Å². The second-order valence-electron chi connectivity index (χ2n) is 6.67. The fourth-order valence-electron chi connectivity index (χ4n) is 3.61. The SMILES string of the molecule is Cc1cc(C(F)(F)F)ccc1CNC1CCC(=O)NC12CCC2. The highest BCUT2D eigenvalue weighted by atomic mass is 19.4. The smallest absolute Gasteiger partial charge is 0.349 e. The van der Waals surface area contributed by atoms with Crippen molar-refractivity contribution in [2.24, 2.45) is 0 Å². The number of alkyl halides is 3. The molecule has 1 amide bonds. The predicted molar refractivity (Wildman–Crippen MR) is 80.8 cm³/mol. The van der Waals surface area contributed by atoms with Crippen molar-refractivity contribution >= 4 is 5.91 Å². The molecule has 0 radical (unpaired) electrons. The molecule has 2 fully saturated rings.